The summed E-state index contributed by atoms with van der Waals surface area (Å²) in [5.74, 6) is -2.70. The normalized spacial score (nSPS) is 11.7. The van der Waals surface area contributed by atoms with Crippen molar-refractivity contribution in [2.24, 2.45) is 0 Å². The number of nitrogens with one attached hydrogen (secondary N) is 1. The summed E-state index contributed by atoms with van der Waals surface area (Å²) in [6.07, 6.45) is 0. The second-order valence-corrected chi connectivity index (χ2v) is 4.52. The quantitative estimate of drug-likeness (QED) is 0.887. The number of carboxylic acid groups (broad SMARTS) is 1. The van der Waals surface area contributed by atoms with Gasteiger partial charge in [-0.15, -0.1) is 0 Å². The van der Waals surface area contributed by atoms with Gasteiger partial charge in [-0.05, 0) is 29.8 Å². The van der Waals surface area contributed by atoms with Gasteiger partial charge in [-0.3, -0.25) is 9.59 Å². The summed E-state index contributed by atoms with van der Waals surface area (Å²) in [6, 6.07) is 13.7. The number of rotatable bonds is 5. The second kappa shape index (κ2) is 6.65. The number of carboxylic acids is 1. The van der Waals surface area contributed by atoms with Gasteiger partial charge in [-0.2, -0.15) is 0 Å². The molecule has 2 aromatic rings. The summed E-state index contributed by atoms with van der Waals surface area (Å²) in [5.41, 5.74) is 0.901. The molecule has 0 aliphatic rings. The van der Waals surface area contributed by atoms with Crippen molar-refractivity contribution in [3.05, 3.63) is 71.5 Å². The highest BCUT2D eigenvalue weighted by molar-refractivity contribution is 5.94. The molecule has 1 amide bonds. The van der Waals surface area contributed by atoms with Crippen LogP contribution in [0.1, 0.15) is 21.8 Å². The number of carbonyl (C=O) groups is 2. The lowest BCUT2D eigenvalue weighted by Gasteiger charge is -2.13. The molecular weight excluding hydrogens is 273 g/mol. The van der Waals surface area contributed by atoms with Gasteiger partial charge in [0.25, 0.3) is 5.91 Å². The highest BCUT2D eigenvalue weighted by Crippen LogP contribution is 2.15. The summed E-state index contributed by atoms with van der Waals surface area (Å²) in [6.45, 7) is -0.0322. The minimum Gasteiger partial charge on any atom is -0.481 e. The van der Waals surface area contributed by atoms with E-state index in [1.165, 1.54) is 24.3 Å². The molecule has 1 atom stereocenters. The molecule has 4 nitrogen and oxygen atoms in total. The smallest absolute Gasteiger partial charge is 0.312 e. The summed E-state index contributed by atoms with van der Waals surface area (Å²) in [7, 11) is 0. The molecule has 108 valence electrons. The Labute approximate surface area is 121 Å². The fourth-order valence-electron chi connectivity index (χ4n) is 1.93. The molecule has 2 aromatic carbocycles. The highest BCUT2D eigenvalue weighted by atomic mass is 19.1. The van der Waals surface area contributed by atoms with Crippen LogP contribution in [0.2, 0.25) is 0 Å². The Hall–Kier alpha value is -2.69. The maximum Gasteiger partial charge on any atom is 0.312 e. The van der Waals surface area contributed by atoms with Crippen molar-refractivity contribution in [3.63, 3.8) is 0 Å². The van der Waals surface area contributed by atoms with Gasteiger partial charge in [0.1, 0.15) is 5.82 Å². The third-order valence-corrected chi connectivity index (χ3v) is 3.07. The summed E-state index contributed by atoms with van der Waals surface area (Å²) in [5, 5.41) is 11.8. The minimum absolute atomic E-state index is 0.0322. The van der Waals surface area contributed by atoms with Crippen LogP contribution in [0.3, 0.4) is 0 Å². The molecule has 0 aliphatic carbocycles. The first-order valence-electron chi connectivity index (χ1n) is 6.39. The Kier molecular flexibility index (Phi) is 4.66. The van der Waals surface area contributed by atoms with Crippen molar-refractivity contribution in [2.45, 2.75) is 5.92 Å². The van der Waals surface area contributed by atoms with Crippen LogP contribution in [0.15, 0.2) is 54.6 Å². The van der Waals surface area contributed by atoms with Crippen LogP contribution >= 0.6 is 0 Å². The van der Waals surface area contributed by atoms with Crippen LogP contribution in [-0.2, 0) is 4.79 Å². The molecule has 21 heavy (non-hydrogen) atoms. The SMILES string of the molecule is O=C(NCC(C(=O)O)c1ccccc1)c1ccc(F)cc1. The third kappa shape index (κ3) is 3.89. The number of halogens is 1. The van der Waals surface area contributed by atoms with Crippen molar-refractivity contribution < 1.29 is 19.1 Å². The van der Waals surface area contributed by atoms with E-state index in [4.69, 9.17) is 0 Å². The first-order chi connectivity index (χ1) is 10.1. The van der Waals surface area contributed by atoms with Gasteiger partial charge in [0.05, 0.1) is 5.92 Å². The van der Waals surface area contributed by atoms with Gasteiger partial charge in [0.2, 0.25) is 0 Å². The lowest BCUT2D eigenvalue weighted by Crippen LogP contribution is -2.31. The summed E-state index contributed by atoms with van der Waals surface area (Å²) in [4.78, 5) is 23.2. The molecule has 0 heterocycles. The van der Waals surface area contributed by atoms with E-state index in [9.17, 15) is 19.1 Å². The molecule has 0 saturated heterocycles. The highest BCUT2D eigenvalue weighted by Gasteiger charge is 2.20. The maximum absolute atomic E-state index is 12.8. The van der Waals surface area contributed by atoms with Gasteiger partial charge in [0, 0.05) is 12.1 Å². The first-order valence-corrected chi connectivity index (χ1v) is 6.39. The molecule has 2 N–H and O–H groups in total. The van der Waals surface area contributed by atoms with E-state index < -0.39 is 23.6 Å². The van der Waals surface area contributed by atoms with Crippen LogP contribution in [-0.4, -0.2) is 23.5 Å². The Morgan fingerprint density at radius 1 is 1.05 bits per heavy atom. The van der Waals surface area contributed by atoms with E-state index in [2.05, 4.69) is 5.32 Å². The molecule has 0 bridgehead atoms. The molecule has 0 fully saturated rings. The van der Waals surface area contributed by atoms with E-state index >= 15 is 0 Å². The number of benzene rings is 2. The number of hydrogen-bond donors (Lipinski definition) is 2. The zero-order valence-electron chi connectivity index (χ0n) is 11.1. The third-order valence-electron chi connectivity index (χ3n) is 3.07. The van der Waals surface area contributed by atoms with Crippen LogP contribution in [0.4, 0.5) is 4.39 Å². The zero-order chi connectivity index (χ0) is 15.2. The van der Waals surface area contributed by atoms with E-state index in [1.807, 2.05) is 0 Å². The summed E-state index contributed by atoms with van der Waals surface area (Å²) < 4.78 is 12.8. The Morgan fingerprint density at radius 2 is 1.67 bits per heavy atom. The van der Waals surface area contributed by atoms with E-state index in [0.29, 0.717) is 5.56 Å². The predicted octanol–water partition coefficient (Wildman–Crippen LogP) is 2.42. The van der Waals surface area contributed by atoms with Gasteiger partial charge in [0.15, 0.2) is 0 Å². The van der Waals surface area contributed by atoms with E-state index in [0.717, 1.165) is 0 Å². The zero-order valence-corrected chi connectivity index (χ0v) is 11.1. The largest absolute Gasteiger partial charge is 0.481 e. The molecule has 0 spiro atoms. The molecule has 0 aromatic heterocycles. The topological polar surface area (TPSA) is 66.4 Å². The Morgan fingerprint density at radius 3 is 2.24 bits per heavy atom. The van der Waals surface area contributed by atoms with Crippen LogP contribution in [0.25, 0.3) is 0 Å². The second-order valence-electron chi connectivity index (χ2n) is 4.52. The number of aliphatic carboxylic acids is 1. The van der Waals surface area contributed by atoms with E-state index in [1.54, 1.807) is 30.3 Å². The Balaban J connectivity index is 2.04. The molecule has 0 aliphatic heterocycles. The molecule has 0 saturated carbocycles. The maximum atomic E-state index is 12.8. The monoisotopic (exact) mass is 287 g/mol. The predicted molar refractivity (Wildman–Crippen MR) is 75.6 cm³/mol. The minimum atomic E-state index is -1.01. The van der Waals surface area contributed by atoms with Crippen molar-refractivity contribution in [1.82, 2.24) is 5.32 Å². The van der Waals surface area contributed by atoms with Crippen LogP contribution in [0.5, 0.6) is 0 Å². The molecule has 0 radical (unpaired) electrons. The van der Waals surface area contributed by atoms with Crippen molar-refractivity contribution in [1.29, 1.82) is 0 Å². The van der Waals surface area contributed by atoms with Crippen molar-refractivity contribution in [3.8, 4) is 0 Å². The lowest BCUT2D eigenvalue weighted by molar-refractivity contribution is -0.138. The molecule has 1 unspecified atom stereocenters. The lowest BCUT2D eigenvalue weighted by atomic mass is 9.99. The Bertz CT molecular complexity index is 626. The molecule has 2 rings (SSSR count). The first kappa shape index (κ1) is 14.7. The van der Waals surface area contributed by atoms with Crippen LogP contribution in [0, 0.1) is 5.82 Å². The van der Waals surface area contributed by atoms with Crippen molar-refractivity contribution >= 4 is 11.9 Å². The average molecular weight is 287 g/mol. The summed E-state index contributed by atoms with van der Waals surface area (Å²) >= 11 is 0. The van der Waals surface area contributed by atoms with Gasteiger partial charge >= 0.3 is 5.97 Å². The number of amides is 1. The van der Waals surface area contributed by atoms with Crippen LogP contribution < -0.4 is 5.32 Å². The average Bonchev–Trinajstić information content (AvgIpc) is 2.48. The van der Waals surface area contributed by atoms with E-state index in [-0.39, 0.29) is 12.1 Å². The van der Waals surface area contributed by atoms with Gasteiger partial charge in [-0.1, -0.05) is 30.3 Å². The fourth-order valence-corrected chi connectivity index (χ4v) is 1.93. The van der Waals surface area contributed by atoms with Crippen molar-refractivity contribution in [2.75, 3.05) is 6.54 Å². The van der Waals surface area contributed by atoms with Gasteiger partial charge in [-0.25, -0.2) is 4.39 Å². The molecular formula is C16H14FNO3. The fraction of sp³-hybridized carbons (Fsp3) is 0.125. The number of carbonyl (C=O) groups excluding carboxylic acids is 1. The van der Waals surface area contributed by atoms with Gasteiger partial charge < -0.3 is 10.4 Å². The number of hydrogen-bond acceptors (Lipinski definition) is 2. The molecule has 5 heteroatoms. The standard InChI is InChI=1S/C16H14FNO3/c17-13-8-6-12(7-9-13)15(19)18-10-14(16(20)21)11-4-2-1-3-5-11/h1-9,14H,10H2,(H,18,19)(H,20,21).